The van der Waals surface area contributed by atoms with E-state index in [0.29, 0.717) is 40.7 Å². The number of hydrogen-bond acceptors (Lipinski definition) is 16. The number of fused-ring (bicyclic) bond motifs is 12. The van der Waals surface area contributed by atoms with Gasteiger partial charge < -0.3 is 0 Å². The van der Waals surface area contributed by atoms with Crippen LogP contribution in [0, 0.1) is 48.5 Å². The molecule has 16 nitrogen and oxygen atoms in total. The van der Waals surface area contributed by atoms with Gasteiger partial charge in [-0.05, 0) is 161 Å². The van der Waals surface area contributed by atoms with Gasteiger partial charge in [-0.2, -0.15) is 0 Å². The Balaban J connectivity index is 0.000000110. The molecule has 0 amide bonds. The van der Waals surface area contributed by atoms with Crippen molar-refractivity contribution in [2.24, 2.45) is 0 Å². The number of aryl methyl sites for hydroxylation is 7. The van der Waals surface area contributed by atoms with E-state index in [1.165, 1.54) is 22.3 Å². The molecule has 0 saturated heterocycles. The Morgan fingerprint density at radius 2 is 0.399 bits per heavy atom. The summed E-state index contributed by atoms with van der Waals surface area (Å²) in [5.74, 6) is 3.45. The topological polar surface area (TPSA) is 206 Å². The number of nitrogens with zero attached hydrogens (tertiary/aromatic N) is 16. The third-order valence-electron chi connectivity index (χ3n) is 24.7. The molecule has 0 N–H and O–H groups in total. The summed E-state index contributed by atoms with van der Waals surface area (Å²) >= 11 is 0. The molecule has 0 spiro atoms. The SMILES string of the molecule is Cc1cc(C(C)C)c2ccc3ccc(-c4nc(-c5ccccc5)nc(-c5ccccc5)n4)nc3c2n1.Cc1cc(C)c2ccc3ccc(-c4cc(-c5ccccc5)cc(-c5ccccc5)n4)nc3c2n1.Cc1cc(C)c2ccc3ccc(-c4cc(-c5ccccc5)nc(-c5ccccc5)n4)nc3c2n1.Cc1cc(C)c2ccc3ccc(-c4nc(-c5ccccc5)cc(-c5ccccc5)n4)nc3c2n1. The van der Waals surface area contributed by atoms with Crippen LogP contribution in [-0.4, -0.2) is 79.7 Å². The molecule has 12 aromatic carbocycles. The minimum Gasteiger partial charge on any atom is -0.251 e. The largest absolute Gasteiger partial charge is 0.251 e. The van der Waals surface area contributed by atoms with Crippen molar-refractivity contribution in [1.82, 2.24) is 79.7 Å². The minimum atomic E-state index is 0.389. The van der Waals surface area contributed by atoms with E-state index < -0.39 is 0 Å². The lowest BCUT2D eigenvalue weighted by Crippen LogP contribution is -2.01. The van der Waals surface area contributed by atoms with Gasteiger partial charge in [0.2, 0.25) is 0 Å². The van der Waals surface area contributed by atoms with Gasteiger partial charge in [0.1, 0.15) is 11.4 Å². The van der Waals surface area contributed by atoms with Gasteiger partial charge in [0.05, 0.1) is 89.7 Å². The van der Waals surface area contributed by atoms with Crippen LogP contribution in [0.4, 0.5) is 0 Å². The van der Waals surface area contributed by atoms with E-state index in [0.717, 1.165) is 211 Å². The number of aromatic nitrogens is 16. The van der Waals surface area contributed by atoms with Gasteiger partial charge in [-0.3, -0.25) is 19.9 Å². The highest BCUT2D eigenvalue weighted by molar-refractivity contribution is 6.08. The summed E-state index contributed by atoms with van der Waals surface area (Å²) in [6.45, 7) is 18.9. The molecule has 0 aliphatic rings. The van der Waals surface area contributed by atoms with Crippen LogP contribution in [-0.2, 0) is 0 Å². The first kappa shape index (κ1) is 86.9. The predicted molar refractivity (Wildman–Crippen MR) is 563 cm³/mol. The summed E-state index contributed by atoms with van der Waals surface area (Å²) in [7, 11) is 0. The van der Waals surface area contributed by atoms with Crippen molar-refractivity contribution in [3.05, 3.63) is 433 Å². The first-order chi connectivity index (χ1) is 67.5. The highest BCUT2D eigenvalue weighted by Gasteiger charge is 2.22. The normalized spacial score (nSPS) is 11.3. The fourth-order valence-corrected chi connectivity index (χ4v) is 17.9. The van der Waals surface area contributed by atoms with Gasteiger partial charge in [0, 0.05) is 105 Å². The van der Waals surface area contributed by atoms with Crippen LogP contribution in [0.3, 0.4) is 0 Å². The van der Waals surface area contributed by atoms with Gasteiger partial charge in [-0.1, -0.05) is 329 Å². The minimum absolute atomic E-state index is 0.389. The number of benzene rings is 12. The smallest absolute Gasteiger partial charge is 0.182 e. The van der Waals surface area contributed by atoms with E-state index in [1.54, 1.807) is 0 Å². The van der Waals surface area contributed by atoms with Crippen molar-refractivity contribution >= 4 is 87.2 Å². The van der Waals surface area contributed by atoms with Crippen molar-refractivity contribution in [3.63, 3.8) is 0 Å². The van der Waals surface area contributed by atoms with Crippen molar-refractivity contribution < 1.29 is 0 Å². The van der Waals surface area contributed by atoms with E-state index >= 15 is 0 Å². The molecule has 0 radical (unpaired) electrons. The molecule has 12 aromatic heterocycles. The zero-order valence-electron chi connectivity index (χ0n) is 77.7. The van der Waals surface area contributed by atoms with Crippen molar-refractivity contribution in [1.29, 1.82) is 0 Å². The third kappa shape index (κ3) is 18.3. The number of hydrogen-bond donors (Lipinski definition) is 0. The van der Waals surface area contributed by atoms with Gasteiger partial charge in [0.15, 0.2) is 29.1 Å². The molecule has 0 aliphatic carbocycles. The Morgan fingerprint density at radius 1 is 0.152 bits per heavy atom. The number of rotatable bonds is 13. The molecule has 12 heterocycles. The zero-order valence-corrected chi connectivity index (χ0v) is 77.7. The Bertz CT molecular complexity index is 7890. The molecule has 16 heteroatoms. The van der Waals surface area contributed by atoms with Crippen molar-refractivity contribution in [3.8, 4) is 136 Å². The highest BCUT2D eigenvalue weighted by Crippen LogP contribution is 2.39. The molecule has 0 bridgehead atoms. The number of pyridine rings is 9. The highest BCUT2D eigenvalue weighted by atomic mass is 15.1. The van der Waals surface area contributed by atoms with Gasteiger partial charge in [-0.25, -0.2) is 59.8 Å². The monoisotopic (exact) mass is 1780 g/mol. The second-order valence-electron chi connectivity index (χ2n) is 35.0. The van der Waals surface area contributed by atoms with Gasteiger partial charge >= 0.3 is 0 Å². The molecule has 138 heavy (non-hydrogen) atoms. The molecule has 660 valence electrons. The van der Waals surface area contributed by atoms with Crippen LogP contribution < -0.4 is 0 Å². The second-order valence-corrected chi connectivity index (χ2v) is 35.0. The first-order valence-electron chi connectivity index (χ1n) is 46.3. The third-order valence-corrected chi connectivity index (χ3v) is 24.7. The average molecular weight is 1780 g/mol. The van der Waals surface area contributed by atoms with E-state index in [4.69, 9.17) is 79.7 Å². The van der Waals surface area contributed by atoms with Gasteiger partial charge in [-0.15, -0.1) is 0 Å². The Kier molecular flexibility index (Phi) is 24.0. The lowest BCUT2D eigenvalue weighted by atomic mass is 9.96. The Morgan fingerprint density at radius 3 is 0.761 bits per heavy atom. The molecule has 0 aliphatic heterocycles. The van der Waals surface area contributed by atoms with Crippen LogP contribution in [0.1, 0.15) is 64.8 Å². The Hall–Kier alpha value is -17.8. The molecule has 0 fully saturated rings. The van der Waals surface area contributed by atoms with E-state index in [-0.39, 0.29) is 0 Å². The molecular weight excluding hydrogens is 1690 g/mol. The summed E-state index contributed by atoms with van der Waals surface area (Å²) < 4.78 is 0. The zero-order chi connectivity index (χ0) is 93.9. The average Bonchev–Trinajstić information content (AvgIpc) is 0.780. The molecule has 0 atom stereocenters. The molecule has 24 rings (SSSR count). The summed E-state index contributed by atoms with van der Waals surface area (Å²) in [5.41, 5.74) is 33.7. The fourth-order valence-electron chi connectivity index (χ4n) is 17.9. The summed E-state index contributed by atoms with van der Waals surface area (Å²) in [6, 6.07) is 132. The predicted octanol–water partition coefficient (Wildman–Crippen LogP) is 29.6. The Labute approximate surface area is 799 Å². The summed E-state index contributed by atoms with van der Waals surface area (Å²) in [4.78, 5) is 78.9. The summed E-state index contributed by atoms with van der Waals surface area (Å²) in [5, 5.41) is 8.76. The second kappa shape index (κ2) is 38.1. The maximum Gasteiger partial charge on any atom is 0.182 e. The van der Waals surface area contributed by atoms with Gasteiger partial charge in [0.25, 0.3) is 0 Å². The van der Waals surface area contributed by atoms with Crippen molar-refractivity contribution in [2.75, 3.05) is 0 Å². The standard InChI is InChI=1S/C31H25N5.C31H23N3.2C30H22N4/c1-19(2)25-18-20(3)32-28-24(25)16-14-21-15-17-26(33-27(21)28)31-35-29(22-10-6-4-7-11-22)34-30(36-31)23-12-8-5-9-13-23;1-20-17-21(2)32-31-26(20)15-13-24-14-16-27(34-30(24)31)29-19-25(22-9-5-3-6-10-22)18-28(33-29)23-11-7-4-8-12-23;1-19-17-20(2)31-29-24(19)15-13-22-14-16-25(32-28(22)29)27-18-26(21-9-5-3-6-10-21)33-30(34-27)23-11-7-4-8-12-23;1-19-17-20(2)31-29-24(19)15-13-23-14-16-25(32-28(23)29)30-33-26(21-9-5-3-6-10-21)18-27(34-30)22-11-7-4-8-12-22/h4-19H,1-3H3;3-19H,1-2H3;2*3-18H,1-2H3. The molecule has 24 aromatic rings. The lowest BCUT2D eigenvalue weighted by molar-refractivity contribution is 0.871. The maximum absolute atomic E-state index is 5.10. The van der Waals surface area contributed by atoms with Crippen LogP contribution >= 0.6 is 0 Å². The van der Waals surface area contributed by atoms with Crippen LogP contribution in [0.2, 0.25) is 0 Å². The van der Waals surface area contributed by atoms with E-state index in [1.807, 2.05) is 228 Å². The first-order valence-corrected chi connectivity index (χ1v) is 46.3. The van der Waals surface area contributed by atoms with E-state index in [9.17, 15) is 0 Å². The quantitative estimate of drug-likeness (QED) is 0.0984. The fraction of sp³-hybridized carbons (Fsp3) is 0.0820. The van der Waals surface area contributed by atoms with Crippen LogP contribution in [0.15, 0.2) is 388 Å². The molecular formula is C122H92N16. The van der Waals surface area contributed by atoms with E-state index in [2.05, 4.69) is 223 Å². The van der Waals surface area contributed by atoms with Crippen LogP contribution in [0.5, 0.6) is 0 Å². The summed E-state index contributed by atoms with van der Waals surface area (Å²) in [6.07, 6.45) is 0. The van der Waals surface area contributed by atoms with Crippen LogP contribution in [0.25, 0.3) is 223 Å². The maximum atomic E-state index is 5.10. The van der Waals surface area contributed by atoms with Crippen molar-refractivity contribution in [2.45, 2.75) is 68.2 Å². The molecule has 0 saturated carbocycles. The molecule has 0 unspecified atom stereocenters. The lowest BCUT2D eigenvalue weighted by Gasteiger charge is -2.13.